The van der Waals surface area contributed by atoms with Crippen LogP contribution in [0.4, 0.5) is 5.82 Å². The van der Waals surface area contributed by atoms with Gasteiger partial charge in [-0.15, -0.1) is 11.3 Å². The Balaban J connectivity index is 1.82. The number of benzene rings is 1. The number of amides is 1. The molecule has 1 N–H and O–H groups in total. The van der Waals surface area contributed by atoms with Crippen molar-refractivity contribution in [2.75, 3.05) is 5.32 Å². The van der Waals surface area contributed by atoms with Crippen molar-refractivity contribution in [3.8, 4) is 5.69 Å². The van der Waals surface area contributed by atoms with Gasteiger partial charge in [0.2, 0.25) is 5.91 Å². The minimum Gasteiger partial charge on any atom is -0.310 e. The van der Waals surface area contributed by atoms with Gasteiger partial charge in [-0.1, -0.05) is 13.0 Å². The van der Waals surface area contributed by atoms with Gasteiger partial charge in [0.15, 0.2) is 5.78 Å². The number of anilines is 1. The maximum atomic E-state index is 13.2. The molecule has 0 saturated carbocycles. The minimum absolute atomic E-state index is 0.00359. The second kappa shape index (κ2) is 7.02. The molecule has 5 nitrogen and oxygen atoms in total. The fourth-order valence-electron chi connectivity index (χ4n) is 3.90. The summed E-state index contributed by atoms with van der Waals surface area (Å²) in [7, 11) is 0. The molecule has 1 atom stereocenters. The monoisotopic (exact) mass is 393 g/mol. The van der Waals surface area contributed by atoms with Crippen molar-refractivity contribution >= 4 is 28.8 Å². The zero-order valence-corrected chi connectivity index (χ0v) is 17.3. The lowest BCUT2D eigenvalue weighted by Crippen LogP contribution is -2.28. The largest absolute Gasteiger partial charge is 0.310 e. The van der Waals surface area contributed by atoms with E-state index in [0.717, 1.165) is 34.5 Å². The van der Waals surface area contributed by atoms with E-state index in [9.17, 15) is 9.59 Å². The average molecular weight is 394 g/mol. The maximum absolute atomic E-state index is 13.2. The van der Waals surface area contributed by atoms with Crippen molar-refractivity contribution in [3.05, 3.63) is 62.5 Å². The Morgan fingerprint density at radius 3 is 2.57 bits per heavy atom. The van der Waals surface area contributed by atoms with Crippen LogP contribution in [0.15, 0.2) is 30.3 Å². The van der Waals surface area contributed by atoms with Crippen LogP contribution in [-0.2, 0) is 11.2 Å². The van der Waals surface area contributed by atoms with Crippen LogP contribution in [0, 0.1) is 20.8 Å². The molecule has 3 aromatic rings. The van der Waals surface area contributed by atoms with E-state index in [1.54, 1.807) is 4.68 Å². The number of aromatic nitrogens is 2. The normalized spacial score (nSPS) is 16.0. The van der Waals surface area contributed by atoms with Gasteiger partial charge in [-0.3, -0.25) is 9.59 Å². The molecule has 0 saturated heterocycles. The summed E-state index contributed by atoms with van der Waals surface area (Å²) in [6, 6.07) is 10.0. The van der Waals surface area contributed by atoms with E-state index in [1.165, 1.54) is 16.2 Å². The van der Waals surface area contributed by atoms with E-state index < -0.39 is 5.92 Å². The van der Waals surface area contributed by atoms with Crippen LogP contribution in [0.5, 0.6) is 0 Å². The zero-order valence-electron chi connectivity index (χ0n) is 16.5. The summed E-state index contributed by atoms with van der Waals surface area (Å²) in [4.78, 5) is 27.6. The number of nitrogens with one attached hydrogen (secondary N) is 1. The molecule has 0 aliphatic carbocycles. The summed E-state index contributed by atoms with van der Waals surface area (Å²) in [5, 5.41) is 7.63. The predicted molar refractivity (Wildman–Crippen MR) is 112 cm³/mol. The SMILES string of the molecule is CCc1ccc(C(=O)[C@H]2CC(=O)Nc3c2c(C)nn3-c2cc(C)cc(C)c2)s1. The van der Waals surface area contributed by atoms with Crippen LogP contribution in [0.2, 0.25) is 0 Å². The molecular weight excluding hydrogens is 370 g/mol. The summed E-state index contributed by atoms with van der Waals surface area (Å²) in [6.07, 6.45) is 1.06. The number of fused-ring (bicyclic) bond motifs is 1. The molecule has 6 heteroatoms. The number of Topliss-reactive ketones (excluding diaryl/α,β-unsaturated/α-hetero) is 1. The number of nitrogens with zero attached hydrogens (tertiary/aromatic N) is 2. The molecule has 3 heterocycles. The Labute approximate surface area is 168 Å². The topological polar surface area (TPSA) is 64.0 Å². The summed E-state index contributed by atoms with van der Waals surface area (Å²) >= 11 is 1.52. The number of thiophene rings is 1. The van der Waals surface area contributed by atoms with Gasteiger partial charge in [0.05, 0.1) is 22.2 Å². The highest BCUT2D eigenvalue weighted by Gasteiger charge is 2.36. The van der Waals surface area contributed by atoms with Gasteiger partial charge in [-0.2, -0.15) is 5.10 Å². The molecule has 1 aliphatic heterocycles. The number of aryl methyl sites for hydroxylation is 4. The highest BCUT2D eigenvalue weighted by Crippen LogP contribution is 2.39. The van der Waals surface area contributed by atoms with E-state index in [4.69, 9.17) is 0 Å². The highest BCUT2D eigenvalue weighted by atomic mass is 32.1. The number of hydrogen-bond donors (Lipinski definition) is 1. The van der Waals surface area contributed by atoms with Crippen LogP contribution in [0.25, 0.3) is 5.69 Å². The average Bonchev–Trinajstić information content (AvgIpc) is 3.24. The lowest BCUT2D eigenvalue weighted by Gasteiger charge is -2.23. The number of ketones is 1. The van der Waals surface area contributed by atoms with E-state index in [1.807, 2.05) is 45.0 Å². The standard InChI is InChI=1S/C22H23N3O2S/c1-5-16-6-7-18(28-16)21(27)17-11-19(26)23-22-20(17)14(4)24-25(22)15-9-12(2)8-13(3)10-15/h6-10,17H,5,11H2,1-4H3,(H,23,26)/t17-/m0/s1. The van der Waals surface area contributed by atoms with Crippen molar-refractivity contribution in [1.82, 2.24) is 9.78 Å². The Kier molecular flexibility index (Phi) is 4.67. The van der Waals surface area contributed by atoms with Crippen LogP contribution >= 0.6 is 11.3 Å². The maximum Gasteiger partial charge on any atom is 0.226 e. The third-order valence-electron chi connectivity index (χ3n) is 5.12. The molecular formula is C22H23N3O2S. The van der Waals surface area contributed by atoms with Gasteiger partial charge < -0.3 is 5.32 Å². The van der Waals surface area contributed by atoms with E-state index in [0.29, 0.717) is 10.7 Å². The predicted octanol–water partition coefficient (Wildman–Crippen LogP) is 4.73. The Morgan fingerprint density at radius 1 is 1.21 bits per heavy atom. The van der Waals surface area contributed by atoms with Crippen molar-refractivity contribution < 1.29 is 9.59 Å². The number of rotatable bonds is 4. The second-order valence-corrected chi connectivity index (χ2v) is 8.56. The molecule has 1 aromatic carbocycles. The molecule has 28 heavy (non-hydrogen) atoms. The molecule has 0 radical (unpaired) electrons. The van der Waals surface area contributed by atoms with Gasteiger partial charge in [0, 0.05) is 16.9 Å². The molecule has 0 spiro atoms. The van der Waals surface area contributed by atoms with Gasteiger partial charge >= 0.3 is 0 Å². The molecule has 0 fully saturated rings. The van der Waals surface area contributed by atoms with Crippen molar-refractivity contribution in [3.63, 3.8) is 0 Å². The zero-order chi connectivity index (χ0) is 20.0. The smallest absolute Gasteiger partial charge is 0.226 e. The van der Waals surface area contributed by atoms with Crippen molar-refractivity contribution in [1.29, 1.82) is 0 Å². The second-order valence-electron chi connectivity index (χ2n) is 7.39. The Morgan fingerprint density at radius 2 is 1.93 bits per heavy atom. The molecule has 4 rings (SSSR count). The summed E-state index contributed by atoms with van der Waals surface area (Å²) < 4.78 is 1.76. The van der Waals surface area contributed by atoms with Gasteiger partial charge in [-0.05, 0) is 62.6 Å². The first-order valence-corrected chi connectivity index (χ1v) is 10.3. The lowest BCUT2D eigenvalue weighted by atomic mass is 9.87. The minimum atomic E-state index is -0.494. The summed E-state index contributed by atoms with van der Waals surface area (Å²) in [6.45, 7) is 8.05. The number of carbonyl (C=O) groups excluding carboxylic acids is 2. The first kappa shape index (κ1) is 18.6. The number of carbonyl (C=O) groups is 2. The first-order valence-electron chi connectivity index (χ1n) is 9.48. The fourth-order valence-corrected chi connectivity index (χ4v) is 4.84. The van der Waals surface area contributed by atoms with Gasteiger partial charge in [0.1, 0.15) is 5.82 Å². The van der Waals surface area contributed by atoms with Crippen LogP contribution < -0.4 is 5.32 Å². The van der Waals surface area contributed by atoms with Crippen molar-refractivity contribution in [2.24, 2.45) is 0 Å². The van der Waals surface area contributed by atoms with E-state index in [-0.39, 0.29) is 18.1 Å². The Hall–Kier alpha value is -2.73. The Bertz CT molecular complexity index is 1070. The quantitative estimate of drug-likeness (QED) is 0.652. The molecule has 1 aliphatic rings. The molecule has 0 bridgehead atoms. The van der Waals surface area contributed by atoms with Gasteiger partial charge in [-0.25, -0.2) is 4.68 Å². The van der Waals surface area contributed by atoms with E-state index >= 15 is 0 Å². The van der Waals surface area contributed by atoms with Crippen LogP contribution in [0.3, 0.4) is 0 Å². The number of hydrogen-bond acceptors (Lipinski definition) is 4. The first-order chi connectivity index (χ1) is 13.4. The fraction of sp³-hybridized carbons (Fsp3) is 0.318. The molecule has 0 unspecified atom stereocenters. The van der Waals surface area contributed by atoms with Gasteiger partial charge in [0.25, 0.3) is 0 Å². The molecule has 144 valence electrons. The lowest BCUT2D eigenvalue weighted by molar-refractivity contribution is -0.116. The van der Waals surface area contributed by atoms with E-state index in [2.05, 4.69) is 23.4 Å². The molecule has 1 amide bonds. The van der Waals surface area contributed by atoms with Crippen LogP contribution in [0.1, 0.15) is 56.2 Å². The molecule has 2 aromatic heterocycles. The summed E-state index contributed by atoms with van der Waals surface area (Å²) in [5.41, 5.74) is 4.74. The van der Waals surface area contributed by atoms with Crippen LogP contribution in [-0.4, -0.2) is 21.5 Å². The third-order valence-corrected chi connectivity index (χ3v) is 6.37. The third kappa shape index (κ3) is 3.18. The highest BCUT2D eigenvalue weighted by molar-refractivity contribution is 7.14. The van der Waals surface area contributed by atoms with Crippen molar-refractivity contribution in [2.45, 2.75) is 46.5 Å². The summed E-state index contributed by atoms with van der Waals surface area (Å²) in [5.74, 6) is -0.0244.